The highest BCUT2D eigenvalue weighted by Gasteiger charge is 2.23. The molecule has 1 aliphatic heterocycles. The molecule has 20 heavy (non-hydrogen) atoms. The lowest BCUT2D eigenvalue weighted by Crippen LogP contribution is -2.34. The van der Waals surface area contributed by atoms with Crippen molar-refractivity contribution in [2.24, 2.45) is 0 Å². The molecule has 0 spiro atoms. The number of anilines is 1. The molecular weight excluding hydrogens is 242 g/mol. The van der Waals surface area contributed by atoms with Gasteiger partial charge in [0.1, 0.15) is 0 Å². The van der Waals surface area contributed by atoms with Gasteiger partial charge >= 0.3 is 0 Å². The van der Waals surface area contributed by atoms with Crippen LogP contribution in [-0.4, -0.2) is 6.04 Å². The van der Waals surface area contributed by atoms with E-state index in [1.807, 2.05) is 12.2 Å². The topological polar surface area (TPSA) is 3.24 Å². The first kappa shape index (κ1) is 14.4. The van der Waals surface area contributed by atoms with Crippen LogP contribution < -0.4 is 4.90 Å². The van der Waals surface area contributed by atoms with E-state index in [-0.39, 0.29) is 0 Å². The van der Waals surface area contributed by atoms with Crippen LogP contribution in [0.5, 0.6) is 0 Å². The molecule has 0 saturated heterocycles. The molecule has 1 aromatic rings. The number of para-hydroxylation sites is 1. The quantitative estimate of drug-likeness (QED) is 0.695. The second-order valence-electron chi connectivity index (χ2n) is 4.98. The lowest BCUT2D eigenvalue weighted by atomic mass is 10.0. The smallest absolute Gasteiger partial charge is 0.0487 e. The van der Waals surface area contributed by atoms with Crippen molar-refractivity contribution in [2.45, 2.75) is 32.7 Å². The maximum absolute atomic E-state index is 4.02. The van der Waals surface area contributed by atoms with Gasteiger partial charge in [-0.1, -0.05) is 63.4 Å². The Morgan fingerprint density at radius 3 is 2.35 bits per heavy atom. The molecule has 1 heteroatoms. The normalized spacial score (nSPS) is 14.2. The van der Waals surface area contributed by atoms with Crippen LogP contribution in [0.3, 0.4) is 0 Å². The predicted molar refractivity (Wildman–Crippen MR) is 89.7 cm³/mol. The van der Waals surface area contributed by atoms with Crippen LogP contribution in [0.2, 0.25) is 0 Å². The highest BCUT2D eigenvalue weighted by Crippen LogP contribution is 2.34. The Hall–Kier alpha value is -2.02. The summed E-state index contributed by atoms with van der Waals surface area (Å²) in [5, 5.41) is 0. The molecule has 1 aromatic carbocycles. The number of hydrogen-bond donors (Lipinski definition) is 0. The molecule has 0 bridgehead atoms. The average Bonchev–Trinajstić information content (AvgIpc) is 2.65. The van der Waals surface area contributed by atoms with E-state index in [1.165, 1.54) is 11.3 Å². The van der Waals surface area contributed by atoms with Gasteiger partial charge < -0.3 is 4.90 Å². The minimum absolute atomic E-state index is 0.471. The van der Waals surface area contributed by atoms with Gasteiger partial charge in [0.05, 0.1) is 0 Å². The zero-order valence-electron chi connectivity index (χ0n) is 12.5. The Bertz CT molecular complexity index is 559. The van der Waals surface area contributed by atoms with Gasteiger partial charge in [0, 0.05) is 17.4 Å². The first-order valence-corrected chi connectivity index (χ1v) is 7.32. The van der Waals surface area contributed by atoms with E-state index in [2.05, 4.69) is 68.3 Å². The lowest BCUT2D eigenvalue weighted by molar-refractivity contribution is 0.597. The van der Waals surface area contributed by atoms with Crippen LogP contribution in [0.1, 0.15) is 32.3 Å². The summed E-state index contributed by atoms with van der Waals surface area (Å²) in [7, 11) is 0. The van der Waals surface area contributed by atoms with Gasteiger partial charge in [-0.2, -0.15) is 0 Å². The Balaban J connectivity index is 2.68. The number of allylic oxidation sites excluding steroid dienone is 4. The van der Waals surface area contributed by atoms with Crippen molar-refractivity contribution < 1.29 is 0 Å². The summed E-state index contributed by atoms with van der Waals surface area (Å²) in [6, 6.07) is 9.00. The first-order chi connectivity index (χ1) is 9.76. The molecule has 1 heterocycles. The van der Waals surface area contributed by atoms with Gasteiger partial charge in [-0.25, -0.2) is 0 Å². The summed E-state index contributed by atoms with van der Waals surface area (Å²) in [4.78, 5) is 2.42. The third-order valence-corrected chi connectivity index (χ3v) is 3.91. The Labute approximate surface area is 122 Å². The van der Waals surface area contributed by atoms with Crippen molar-refractivity contribution >= 4 is 11.8 Å². The fraction of sp³-hybridized carbons (Fsp3) is 0.263. The van der Waals surface area contributed by atoms with E-state index in [1.54, 1.807) is 0 Å². The number of benzene rings is 1. The van der Waals surface area contributed by atoms with E-state index < -0.39 is 0 Å². The molecule has 0 amide bonds. The van der Waals surface area contributed by atoms with Gasteiger partial charge in [-0.3, -0.25) is 0 Å². The van der Waals surface area contributed by atoms with E-state index in [9.17, 15) is 0 Å². The van der Waals surface area contributed by atoms with Crippen LogP contribution in [0.15, 0.2) is 66.9 Å². The van der Waals surface area contributed by atoms with E-state index in [0.717, 1.165) is 24.1 Å². The van der Waals surface area contributed by atoms with Gasteiger partial charge in [-0.05, 0) is 36.1 Å². The van der Waals surface area contributed by atoms with Crippen LogP contribution in [-0.2, 0) is 0 Å². The standard InChI is InChI=1S/C19H23N/c1-5-15-13-14-16-11-9-10-12-19(16)20(18(15)8-4)17(6-2)7-3/h5,8-14,17H,1,4,6-7H2,2-3H3. The Morgan fingerprint density at radius 2 is 1.75 bits per heavy atom. The number of nitrogens with zero attached hydrogens (tertiary/aromatic N) is 1. The molecule has 0 aliphatic carbocycles. The maximum atomic E-state index is 4.02. The van der Waals surface area contributed by atoms with Crippen molar-refractivity contribution in [2.75, 3.05) is 4.90 Å². The number of fused-ring (bicyclic) bond motifs is 1. The molecule has 0 aromatic heterocycles. The Morgan fingerprint density at radius 1 is 1.05 bits per heavy atom. The van der Waals surface area contributed by atoms with Crippen molar-refractivity contribution in [3.8, 4) is 0 Å². The van der Waals surface area contributed by atoms with E-state index >= 15 is 0 Å². The summed E-state index contributed by atoms with van der Waals surface area (Å²) < 4.78 is 0. The van der Waals surface area contributed by atoms with Gasteiger partial charge in [0.2, 0.25) is 0 Å². The summed E-state index contributed by atoms with van der Waals surface area (Å²) in [6.07, 6.45) is 10.4. The number of rotatable bonds is 5. The molecule has 1 nitrogen and oxygen atoms in total. The molecule has 0 radical (unpaired) electrons. The highest BCUT2D eigenvalue weighted by molar-refractivity contribution is 5.76. The van der Waals surface area contributed by atoms with Crippen molar-refractivity contribution in [1.82, 2.24) is 0 Å². The monoisotopic (exact) mass is 265 g/mol. The van der Waals surface area contributed by atoms with Gasteiger partial charge in [0.25, 0.3) is 0 Å². The predicted octanol–water partition coefficient (Wildman–Crippen LogP) is 5.33. The number of hydrogen-bond acceptors (Lipinski definition) is 1. The first-order valence-electron chi connectivity index (χ1n) is 7.32. The van der Waals surface area contributed by atoms with Gasteiger partial charge in [-0.15, -0.1) is 0 Å². The summed E-state index contributed by atoms with van der Waals surface area (Å²) >= 11 is 0. The zero-order valence-corrected chi connectivity index (χ0v) is 12.5. The molecule has 0 atom stereocenters. The zero-order chi connectivity index (χ0) is 14.5. The van der Waals surface area contributed by atoms with E-state index in [4.69, 9.17) is 0 Å². The van der Waals surface area contributed by atoms with Crippen molar-refractivity contribution in [3.05, 3.63) is 72.5 Å². The molecule has 2 rings (SSSR count). The third-order valence-electron chi connectivity index (χ3n) is 3.91. The molecule has 0 fully saturated rings. The second-order valence-corrected chi connectivity index (χ2v) is 4.98. The third kappa shape index (κ3) is 2.49. The van der Waals surface area contributed by atoms with Crippen LogP contribution >= 0.6 is 0 Å². The molecular formula is C19H23N. The minimum Gasteiger partial charge on any atom is -0.337 e. The second kappa shape index (κ2) is 6.42. The van der Waals surface area contributed by atoms with Crippen molar-refractivity contribution in [3.63, 3.8) is 0 Å². The molecule has 1 aliphatic rings. The molecule has 0 saturated carbocycles. The molecule has 104 valence electrons. The summed E-state index contributed by atoms with van der Waals surface area (Å²) in [6.45, 7) is 12.4. The van der Waals surface area contributed by atoms with Crippen LogP contribution in [0.4, 0.5) is 5.69 Å². The summed E-state index contributed by atoms with van der Waals surface area (Å²) in [5.74, 6) is 0. The minimum atomic E-state index is 0.471. The maximum Gasteiger partial charge on any atom is 0.0487 e. The lowest BCUT2D eigenvalue weighted by Gasteiger charge is -2.34. The SMILES string of the molecule is C=CC1=C(C=C)N(C(CC)CC)c2ccccc2C=C1. The summed E-state index contributed by atoms with van der Waals surface area (Å²) in [5.41, 5.74) is 4.78. The fourth-order valence-electron chi connectivity index (χ4n) is 2.82. The Kier molecular flexibility index (Phi) is 4.62. The molecule has 0 N–H and O–H groups in total. The average molecular weight is 265 g/mol. The van der Waals surface area contributed by atoms with Crippen LogP contribution in [0, 0.1) is 0 Å². The highest BCUT2D eigenvalue weighted by atomic mass is 15.2. The van der Waals surface area contributed by atoms with Gasteiger partial charge in [0.15, 0.2) is 0 Å². The molecule has 0 unspecified atom stereocenters. The van der Waals surface area contributed by atoms with E-state index in [0.29, 0.717) is 6.04 Å². The van der Waals surface area contributed by atoms with Crippen LogP contribution in [0.25, 0.3) is 6.08 Å². The van der Waals surface area contributed by atoms with Crippen molar-refractivity contribution in [1.29, 1.82) is 0 Å². The largest absolute Gasteiger partial charge is 0.337 e. The fourth-order valence-corrected chi connectivity index (χ4v) is 2.82.